The molecule has 20 heavy (non-hydrogen) atoms. The largest absolute Gasteiger partial charge is 0.317 e. The molecule has 0 bridgehead atoms. The fourth-order valence-electron chi connectivity index (χ4n) is 2.64. The quantitative estimate of drug-likeness (QED) is 0.763. The number of hydrogen-bond acceptors (Lipinski definition) is 2. The molecule has 0 atom stereocenters. The van der Waals surface area contributed by atoms with Crippen molar-refractivity contribution in [2.45, 2.75) is 40.0 Å². The topological polar surface area (TPSA) is 24.9 Å². The lowest BCUT2D eigenvalue weighted by molar-refractivity contribution is 0.326. The standard InChI is InChI=1S/C18H26N2/c1-4-11-19-13-10-18(2,3)14-15-9-12-20-17-8-6-5-7-16(15)17/h5-9,12,19H,4,10-11,13-14H2,1-3H3. The third kappa shape index (κ3) is 4.04. The number of pyridine rings is 1. The molecule has 0 unspecified atom stereocenters. The van der Waals surface area contributed by atoms with Crippen LogP contribution in [0.25, 0.3) is 10.9 Å². The predicted octanol–water partition coefficient (Wildman–Crippen LogP) is 4.19. The minimum absolute atomic E-state index is 0.310. The third-order valence-corrected chi connectivity index (χ3v) is 3.81. The molecule has 2 aromatic rings. The van der Waals surface area contributed by atoms with Crippen molar-refractivity contribution in [1.82, 2.24) is 10.3 Å². The van der Waals surface area contributed by atoms with Gasteiger partial charge in [0.1, 0.15) is 0 Å². The van der Waals surface area contributed by atoms with Gasteiger partial charge in [-0.3, -0.25) is 4.98 Å². The van der Waals surface area contributed by atoms with Gasteiger partial charge in [0.05, 0.1) is 5.52 Å². The van der Waals surface area contributed by atoms with E-state index in [0.717, 1.165) is 25.0 Å². The lowest BCUT2D eigenvalue weighted by atomic mass is 9.82. The van der Waals surface area contributed by atoms with Crippen molar-refractivity contribution in [3.63, 3.8) is 0 Å². The molecule has 2 rings (SSSR count). The summed E-state index contributed by atoms with van der Waals surface area (Å²) in [5.41, 5.74) is 2.83. The first-order chi connectivity index (χ1) is 9.62. The summed E-state index contributed by atoms with van der Waals surface area (Å²) in [5, 5.41) is 4.80. The van der Waals surface area contributed by atoms with Gasteiger partial charge in [0.25, 0.3) is 0 Å². The lowest BCUT2D eigenvalue weighted by Gasteiger charge is -2.25. The summed E-state index contributed by atoms with van der Waals surface area (Å²) in [5.74, 6) is 0. The van der Waals surface area contributed by atoms with Crippen LogP contribution in [0.2, 0.25) is 0 Å². The van der Waals surface area contributed by atoms with E-state index in [0.29, 0.717) is 5.41 Å². The molecule has 0 amide bonds. The molecule has 1 aromatic heterocycles. The molecule has 0 radical (unpaired) electrons. The monoisotopic (exact) mass is 270 g/mol. The highest BCUT2D eigenvalue weighted by atomic mass is 14.8. The molecule has 0 saturated carbocycles. The highest BCUT2D eigenvalue weighted by molar-refractivity contribution is 5.81. The fourth-order valence-corrected chi connectivity index (χ4v) is 2.64. The Labute approximate surface area is 122 Å². The van der Waals surface area contributed by atoms with Gasteiger partial charge in [0, 0.05) is 11.6 Å². The maximum atomic E-state index is 4.45. The van der Waals surface area contributed by atoms with Gasteiger partial charge in [-0.2, -0.15) is 0 Å². The van der Waals surface area contributed by atoms with Gasteiger partial charge < -0.3 is 5.32 Å². The van der Waals surface area contributed by atoms with E-state index >= 15 is 0 Å². The van der Waals surface area contributed by atoms with Crippen LogP contribution in [0.5, 0.6) is 0 Å². The zero-order valence-electron chi connectivity index (χ0n) is 12.9. The van der Waals surface area contributed by atoms with Crippen LogP contribution in [0.4, 0.5) is 0 Å². The minimum atomic E-state index is 0.310. The van der Waals surface area contributed by atoms with E-state index in [1.807, 2.05) is 6.20 Å². The summed E-state index contributed by atoms with van der Waals surface area (Å²) < 4.78 is 0. The molecule has 0 aliphatic heterocycles. The number of para-hydroxylation sites is 1. The smallest absolute Gasteiger partial charge is 0.0704 e. The molecular formula is C18H26N2. The first kappa shape index (κ1) is 15.0. The number of benzene rings is 1. The summed E-state index contributed by atoms with van der Waals surface area (Å²) in [6.07, 6.45) is 5.44. The Kier molecular flexibility index (Phi) is 5.13. The second kappa shape index (κ2) is 6.85. The van der Waals surface area contributed by atoms with Crippen molar-refractivity contribution in [1.29, 1.82) is 0 Å². The van der Waals surface area contributed by atoms with Gasteiger partial charge in [-0.1, -0.05) is 39.0 Å². The normalized spacial score (nSPS) is 11.9. The zero-order valence-corrected chi connectivity index (χ0v) is 12.9. The van der Waals surface area contributed by atoms with Crippen molar-refractivity contribution >= 4 is 10.9 Å². The Morgan fingerprint density at radius 2 is 1.90 bits per heavy atom. The number of fused-ring (bicyclic) bond motifs is 1. The second-order valence-corrected chi connectivity index (χ2v) is 6.33. The summed E-state index contributed by atoms with van der Waals surface area (Å²) in [4.78, 5) is 4.45. The van der Waals surface area contributed by atoms with Crippen molar-refractivity contribution in [2.24, 2.45) is 5.41 Å². The van der Waals surface area contributed by atoms with Crippen molar-refractivity contribution in [2.75, 3.05) is 13.1 Å². The highest BCUT2D eigenvalue weighted by Crippen LogP contribution is 2.28. The summed E-state index contributed by atoms with van der Waals surface area (Å²) in [6, 6.07) is 10.6. The average molecular weight is 270 g/mol. The number of nitrogens with one attached hydrogen (secondary N) is 1. The molecule has 1 heterocycles. The van der Waals surface area contributed by atoms with Crippen molar-refractivity contribution < 1.29 is 0 Å². The molecule has 108 valence electrons. The molecule has 0 spiro atoms. The Bertz CT molecular complexity index is 541. The molecule has 0 saturated heterocycles. The van der Waals surface area contributed by atoms with E-state index in [-0.39, 0.29) is 0 Å². The van der Waals surface area contributed by atoms with Gasteiger partial charge in [0.15, 0.2) is 0 Å². The fraction of sp³-hybridized carbons (Fsp3) is 0.500. The number of nitrogens with zero attached hydrogens (tertiary/aromatic N) is 1. The van der Waals surface area contributed by atoms with Gasteiger partial charge in [0.2, 0.25) is 0 Å². The molecule has 1 N–H and O–H groups in total. The average Bonchev–Trinajstić information content (AvgIpc) is 2.44. The van der Waals surface area contributed by atoms with Gasteiger partial charge in [-0.25, -0.2) is 0 Å². The van der Waals surface area contributed by atoms with Gasteiger partial charge in [-0.05, 0) is 55.5 Å². The highest BCUT2D eigenvalue weighted by Gasteiger charge is 2.19. The van der Waals surface area contributed by atoms with Crippen LogP contribution in [-0.2, 0) is 6.42 Å². The van der Waals surface area contributed by atoms with Gasteiger partial charge in [-0.15, -0.1) is 0 Å². The molecule has 0 aliphatic rings. The molecular weight excluding hydrogens is 244 g/mol. The van der Waals surface area contributed by atoms with Crippen LogP contribution in [0.15, 0.2) is 36.5 Å². The minimum Gasteiger partial charge on any atom is -0.317 e. The predicted molar refractivity (Wildman–Crippen MR) is 87.0 cm³/mol. The Morgan fingerprint density at radius 1 is 1.10 bits per heavy atom. The van der Waals surface area contributed by atoms with Crippen LogP contribution >= 0.6 is 0 Å². The van der Waals surface area contributed by atoms with E-state index in [2.05, 4.69) is 61.4 Å². The van der Waals surface area contributed by atoms with Crippen molar-refractivity contribution in [3.8, 4) is 0 Å². The number of hydrogen-bond donors (Lipinski definition) is 1. The van der Waals surface area contributed by atoms with Crippen LogP contribution in [0.3, 0.4) is 0 Å². The van der Waals surface area contributed by atoms with Crippen LogP contribution in [0, 0.1) is 5.41 Å². The summed E-state index contributed by atoms with van der Waals surface area (Å²) in [7, 11) is 0. The molecule has 0 fully saturated rings. The molecule has 2 nitrogen and oxygen atoms in total. The van der Waals surface area contributed by atoms with Crippen molar-refractivity contribution in [3.05, 3.63) is 42.1 Å². The van der Waals surface area contributed by atoms with E-state index in [1.54, 1.807) is 0 Å². The molecule has 2 heteroatoms. The zero-order chi connectivity index (χ0) is 14.4. The lowest BCUT2D eigenvalue weighted by Crippen LogP contribution is -2.24. The first-order valence-corrected chi connectivity index (χ1v) is 7.66. The number of rotatable bonds is 7. The maximum absolute atomic E-state index is 4.45. The Hall–Kier alpha value is -1.41. The Balaban J connectivity index is 2.07. The summed E-state index contributed by atoms with van der Waals surface area (Å²) in [6.45, 7) is 9.14. The molecule has 1 aromatic carbocycles. The third-order valence-electron chi connectivity index (χ3n) is 3.81. The first-order valence-electron chi connectivity index (χ1n) is 7.66. The second-order valence-electron chi connectivity index (χ2n) is 6.33. The van der Waals surface area contributed by atoms with Gasteiger partial charge >= 0.3 is 0 Å². The van der Waals surface area contributed by atoms with E-state index in [9.17, 15) is 0 Å². The Morgan fingerprint density at radius 3 is 2.70 bits per heavy atom. The summed E-state index contributed by atoms with van der Waals surface area (Å²) >= 11 is 0. The molecule has 0 aliphatic carbocycles. The van der Waals surface area contributed by atoms with E-state index in [4.69, 9.17) is 0 Å². The van der Waals surface area contributed by atoms with Crippen LogP contribution in [-0.4, -0.2) is 18.1 Å². The van der Waals surface area contributed by atoms with E-state index in [1.165, 1.54) is 23.8 Å². The van der Waals surface area contributed by atoms with E-state index < -0.39 is 0 Å². The number of aromatic nitrogens is 1. The SMILES string of the molecule is CCCNCCC(C)(C)Cc1ccnc2ccccc12. The van der Waals surface area contributed by atoms with Crippen LogP contribution < -0.4 is 5.32 Å². The van der Waals surface area contributed by atoms with Crippen LogP contribution in [0.1, 0.15) is 39.2 Å². The maximum Gasteiger partial charge on any atom is 0.0704 e.